The van der Waals surface area contributed by atoms with Gasteiger partial charge in [-0.2, -0.15) is 0 Å². The minimum Gasteiger partial charge on any atom is -0.459 e. The summed E-state index contributed by atoms with van der Waals surface area (Å²) in [6.07, 6.45) is 2.27. The number of carbonyl (C=O) groups is 1. The van der Waals surface area contributed by atoms with Gasteiger partial charge in [-0.25, -0.2) is 4.79 Å². The van der Waals surface area contributed by atoms with E-state index in [1.807, 2.05) is 19.1 Å². The summed E-state index contributed by atoms with van der Waals surface area (Å²) in [7, 11) is 0. The monoisotopic (exact) mass is 262 g/mol. The van der Waals surface area contributed by atoms with Crippen molar-refractivity contribution >= 4 is 5.97 Å². The van der Waals surface area contributed by atoms with Gasteiger partial charge in [-0.1, -0.05) is 32.4 Å². The van der Waals surface area contributed by atoms with Crippen LogP contribution < -0.4 is 0 Å². The number of hydrogen-bond donors (Lipinski definition) is 0. The maximum atomic E-state index is 12.0. The molecule has 3 nitrogen and oxygen atoms in total. The van der Waals surface area contributed by atoms with E-state index >= 15 is 0 Å². The highest BCUT2D eigenvalue weighted by molar-refractivity contribution is 5.89. The molecule has 1 heterocycles. The van der Waals surface area contributed by atoms with Gasteiger partial charge in [0.1, 0.15) is 12.2 Å². The van der Waals surface area contributed by atoms with Crippen LogP contribution in [0.1, 0.15) is 55.5 Å². The largest absolute Gasteiger partial charge is 0.459 e. The minimum atomic E-state index is -0.262. The smallest absolute Gasteiger partial charge is 0.338 e. The number of benzene rings is 1. The van der Waals surface area contributed by atoms with Crippen LogP contribution in [0.15, 0.2) is 24.3 Å². The van der Waals surface area contributed by atoms with Crippen LogP contribution in [0.3, 0.4) is 0 Å². The molecule has 0 radical (unpaired) electrons. The number of rotatable bonds is 6. The van der Waals surface area contributed by atoms with Crippen molar-refractivity contribution in [1.82, 2.24) is 0 Å². The molecule has 2 unspecified atom stereocenters. The Balaban J connectivity index is 1.98. The summed E-state index contributed by atoms with van der Waals surface area (Å²) in [6, 6.07) is 7.75. The van der Waals surface area contributed by atoms with E-state index in [-0.39, 0.29) is 11.6 Å². The second-order valence-corrected chi connectivity index (χ2v) is 5.63. The molecular formula is C16H22O3. The van der Waals surface area contributed by atoms with Crippen molar-refractivity contribution in [3.63, 3.8) is 0 Å². The van der Waals surface area contributed by atoms with Crippen LogP contribution >= 0.6 is 0 Å². The molecule has 19 heavy (non-hydrogen) atoms. The lowest BCUT2D eigenvalue weighted by Gasteiger charge is -2.12. The van der Waals surface area contributed by atoms with Crippen molar-refractivity contribution < 1.29 is 14.3 Å². The quantitative estimate of drug-likeness (QED) is 0.581. The van der Waals surface area contributed by atoms with Gasteiger partial charge in [0.15, 0.2) is 0 Å². The first-order valence-corrected chi connectivity index (χ1v) is 6.95. The zero-order chi connectivity index (χ0) is 13.9. The first-order valence-electron chi connectivity index (χ1n) is 6.95. The summed E-state index contributed by atoms with van der Waals surface area (Å²) in [4.78, 5) is 12.0. The van der Waals surface area contributed by atoms with Crippen LogP contribution in [-0.2, 0) is 9.47 Å². The first kappa shape index (κ1) is 14.1. The van der Waals surface area contributed by atoms with Gasteiger partial charge in [0.05, 0.1) is 12.2 Å². The van der Waals surface area contributed by atoms with Crippen LogP contribution in [-0.4, -0.2) is 24.8 Å². The Bertz CT molecular complexity index is 449. The summed E-state index contributed by atoms with van der Waals surface area (Å²) in [5.74, 6) is 0.212. The third-order valence-electron chi connectivity index (χ3n) is 3.56. The zero-order valence-electron chi connectivity index (χ0n) is 11.9. The van der Waals surface area contributed by atoms with Crippen molar-refractivity contribution in [2.45, 2.75) is 45.1 Å². The van der Waals surface area contributed by atoms with E-state index in [4.69, 9.17) is 9.47 Å². The van der Waals surface area contributed by atoms with Gasteiger partial charge in [-0.3, -0.25) is 0 Å². The van der Waals surface area contributed by atoms with E-state index in [9.17, 15) is 4.79 Å². The molecule has 2 atom stereocenters. The van der Waals surface area contributed by atoms with Gasteiger partial charge in [0.2, 0.25) is 0 Å². The van der Waals surface area contributed by atoms with Crippen molar-refractivity contribution in [2.75, 3.05) is 13.2 Å². The highest BCUT2D eigenvalue weighted by atomic mass is 16.6. The Morgan fingerprint density at radius 2 is 2.26 bits per heavy atom. The summed E-state index contributed by atoms with van der Waals surface area (Å²) >= 11 is 0. The fourth-order valence-corrected chi connectivity index (χ4v) is 2.08. The van der Waals surface area contributed by atoms with Crippen LogP contribution in [0.25, 0.3) is 0 Å². The van der Waals surface area contributed by atoms with E-state index in [0.29, 0.717) is 24.7 Å². The number of epoxide rings is 1. The molecule has 0 N–H and O–H groups in total. The van der Waals surface area contributed by atoms with Crippen molar-refractivity contribution in [3.8, 4) is 0 Å². The van der Waals surface area contributed by atoms with Crippen molar-refractivity contribution in [1.29, 1.82) is 0 Å². The molecule has 0 spiro atoms. The molecule has 104 valence electrons. The van der Waals surface area contributed by atoms with Crippen LogP contribution in [0.4, 0.5) is 0 Å². The second-order valence-electron chi connectivity index (χ2n) is 5.63. The Morgan fingerprint density at radius 3 is 2.89 bits per heavy atom. The third-order valence-corrected chi connectivity index (χ3v) is 3.56. The molecule has 2 rings (SSSR count). The molecule has 0 amide bonds. The van der Waals surface area contributed by atoms with Crippen LogP contribution in [0, 0.1) is 0 Å². The van der Waals surface area contributed by atoms with E-state index in [1.165, 1.54) is 5.56 Å². The molecule has 1 aromatic carbocycles. The fourth-order valence-electron chi connectivity index (χ4n) is 2.08. The fraction of sp³-hybridized carbons (Fsp3) is 0.562. The topological polar surface area (TPSA) is 38.8 Å². The Labute approximate surface area is 114 Å². The molecule has 1 saturated heterocycles. The standard InChI is InChI=1S/C16H22O3/c1-4-6-12(2)13-7-5-8-14(9-13)15(17)18-10-16(3)11-19-16/h5,7-9,12H,4,6,10-11H2,1-3H3. The number of esters is 1. The van der Waals surface area contributed by atoms with Gasteiger partial charge in [-0.05, 0) is 37.0 Å². The third kappa shape index (κ3) is 3.80. The second kappa shape index (κ2) is 5.74. The molecule has 3 heteroatoms. The number of hydrogen-bond acceptors (Lipinski definition) is 3. The lowest BCUT2D eigenvalue weighted by Crippen LogP contribution is -2.18. The Kier molecular flexibility index (Phi) is 4.25. The maximum Gasteiger partial charge on any atom is 0.338 e. The van der Waals surface area contributed by atoms with E-state index in [0.717, 1.165) is 12.8 Å². The van der Waals surface area contributed by atoms with E-state index < -0.39 is 0 Å². The summed E-state index contributed by atoms with van der Waals surface area (Å²) < 4.78 is 10.5. The molecule has 0 saturated carbocycles. The van der Waals surface area contributed by atoms with Gasteiger partial charge < -0.3 is 9.47 Å². The molecule has 0 aliphatic carbocycles. The van der Waals surface area contributed by atoms with Gasteiger partial charge in [0.25, 0.3) is 0 Å². The number of ether oxygens (including phenoxy) is 2. The van der Waals surface area contributed by atoms with Gasteiger partial charge in [-0.15, -0.1) is 0 Å². The van der Waals surface area contributed by atoms with Gasteiger partial charge >= 0.3 is 5.97 Å². The van der Waals surface area contributed by atoms with Crippen molar-refractivity contribution in [3.05, 3.63) is 35.4 Å². The predicted octanol–water partition coefficient (Wildman–Crippen LogP) is 3.54. The van der Waals surface area contributed by atoms with E-state index in [2.05, 4.69) is 19.9 Å². The summed E-state index contributed by atoms with van der Waals surface area (Å²) in [5, 5.41) is 0. The lowest BCUT2D eigenvalue weighted by molar-refractivity contribution is 0.0410. The summed E-state index contributed by atoms with van der Waals surface area (Å²) in [6.45, 7) is 7.31. The molecule has 1 aliphatic rings. The van der Waals surface area contributed by atoms with Crippen LogP contribution in [0.2, 0.25) is 0 Å². The SMILES string of the molecule is CCCC(C)c1cccc(C(=O)OCC2(C)CO2)c1. The maximum absolute atomic E-state index is 12.0. The van der Waals surface area contributed by atoms with Gasteiger partial charge in [0, 0.05) is 0 Å². The average Bonchev–Trinajstić information content (AvgIpc) is 3.15. The number of carbonyl (C=O) groups excluding carboxylic acids is 1. The molecule has 0 bridgehead atoms. The highest BCUT2D eigenvalue weighted by Crippen LogP contribution is 2.26. The highest BCUT2D eigenvalue weighted by Gasteiger charge is 2.40. The molecule has 1 aliphatic heterocycles. The molecule has 1 aromatic rings. The first-order chi connectivity index (χ1) is 9.04. The Morgan fingerprint density at radius 1 is 1.53 bits per heavy atom. The molecule has 1 fully saturated rings. The normalized spacial score (nSPS) is 22.9. The molecule has 0 aromatic heterocycles. The van der Waals surface area contributed by atoms with Crippen molar-refractivity contribution in [2.24, 2.45) is 0 Å². The summed E-state index contributed by atoms with van der Waals surface area (Å²) in [5.41, 5.74) is 1.58. The Hall–Kier alpha value is -1.35. The molecular weight excluding hydrogens is 240 g/mol. The van der Waals surface area contributed by atoms with Crippen LogP contribution in [0.5, 0.6) is 0 Å². The van der Waals surface area contributed by atoms with E-state index in [1.54, 1.807) is 6.07 Å². The predicted molar refractivity (Wildman–Crippen MR) is 74.4 cm³/mol. The minimum absolute atomic E-state index is 0.247. The lowest BCUT2D eigenvalue weighted by atomic mass is 9.95. The zero-order valence-corrected chi connectivity index (χ0v) is 11.9. The average molecular weight is 262 g/mol.